The van der Waals surface area contributed by atoms with Gasteiger partial charge in [-0.2, -0.15) is 0 Å². The van der Waals surface area contributed by atoms with E-state index in [4.69, 9.17) is 9.47 Å². The highest BCUT2D eigenvalue weighted by Gasteiger charge is 2.37. The van der Waals surface area contributed by atoms with Crippen LogP contribution < -0.4 is 10.1 Å². The number of nitrogens with one attached hydrogen (secondary N) is 1. The van der Waals surface area contributed by atoms with Crippen molar-refractivity contribution in [3.05, 3.63) is 30.3 Å². The van der Waals surface area contributed by atoms with Crippen molar-refractivity contribution in [2.75, 3.05) is 0 Å². The van der Waals surface area contributed by atoms with E-state index in [-0.39, 0.29) is 17.9 Å². The van der Waals surface area contributed by atoms with Gasteiger partial charge in [0.05, 0.1) is 6.10 Å². The maximum absolute atomic E-state index is 12.0. The van der Waals surface area contributed by atoms with Crippen LogP contribution in [0.15, 0.2) is 30.3 Å². The van der Waals surface area contributed by atoms with Crippen LogP contribution in [0.25, 0.3) is 0 Å². The molecule has 4 heteroatoms. The minimum absolute atomic E-state index is 0.00298. The summed E-state index contributed by atoms with van der Waals surface area (Å²) >= 11 is 0. The van der Waals surface area contributed by atoms with Gasteiger partial charge >= 0.3 is 0 Å². The van der Waals surface area contributed by atoms with Crippen LogP contribution in [0, 0.1) is 5.92 Å². The molecule has 0 aromatic heterocycles. The summed E-state index contributed by atoms with van der Waals surface area (Å²) in [5, 5.41) is 2.89. The summed E-state index contributed by atoms with van der Waals surface area (Å²) in [5.74, 6) is -0.327. The van der Waals surface area contributed by atoms with Gasteiger partial charge < -0.3 is 9.47 Å². The second-order valence-corrected chi connectivity index (χ2v) is 5.46. The van der Waals surface area contributed by atoms with Crippen LogP contribution in [-0.2, 0) is 9.53 Å². The predicted molar refractivity (Wildman–Crippen MR) is 77.2 cm³/mol. The van der Waals surface area contributed by atoms with Crippen molar-refractivity contribution in [2.24, 2.45) is 5.92 Å². The molecule has 20 heavy (non-hydrogen) atoms. The first-order valence-corrected chi connectivity index (χ1v) is 7.26. The lowest BCUT2D eigenvalue weighted by Crippen LogP contribution is -2.54. The van der Waals surface area contributed by atoms with Crippen molar-refractivity contribution in [2.45, 2.75) is 52.0 Å². The zero-order valence-corrected chi connectivity index (χ0v) is 12.4. The van der Waals surface area contributed by atoms with Crippen LogP contribution in [0.5, 0.6) is 5.75 Å². The third-order valence-electron chi connectivity index (χ3n) is 3.36. The fraction of sp³-hybridized carbons (Fsp3) is 0.562. The summed E-state index contributed by atoms with van der Waals surface area (Å²) in [6.07, 6.45) is 2.77. The first-order valence-electron chi connectivity index (χ1n) is 7.26. The largest absolute Gasteiger partial charge is 0.444 e. The van der Waals surface area contributed by atoms with E-state index in [1.54, 1.807) is 6.92 Å². The number of benzene rings is 1. The molecule has 110 valence electrons. The highest BCUT2D eigenvalue weighted by molar-refractivity contribution is 5.81. The first kappa shape index (κ1) is 14.9. The SMILES string of the molecule is CCC(C)OC(C)(NC(=O)C1CC1)Oc1ccccc1. The molecule has 1 aromatic rings. The molecular formula is C16H23NO3. The van der Waals surface area contributed by atoms with Crippen molar-refractivity contribution < 1.29 is 14.3 Å². The quantitative estimate of drug-likeness (QED) is 0.779. The molecule has 1 N–H and O–H groups in total. The van der Waals surface area contributed by atoms with Gasteiger partial charge in [0.2, 0.25) is 5.91 Å². The Morgan fingerprint density at radius 1 is 1.40 bits per heavy atom. The van der Waals surface area contributed by atoms with E-state index in [9.17, 15) is 4.79 Å². The Kier molecular flexibility index (Phi) is 4.65. The molecule has 2 rings (SSSR count). The van der Waals surface area contributed by atoms with Crippen LogP contribution in [0.4, 0.5) is 0 Å². The molecule has 1 amide bonds. The minimum atomic E-state index is -1.13. The van der Waals surface area contributed by atoms with Crippen LogP contribution in [0.2, 0.25) is 0 Å². The minimum Gasteiger partial charge on any atom is -0.444 e. The fourth-order valence-corrected chi connectivity index (χ4v) is 1.93. The fourth-order valence-electron chi connectivity index (χ4n) is 1.93. The van der Waals surface area contributed by atoms with Gasteiger partial charge in [0.15, 0.2) is 0 Å². The zero-order valence-electron chi connectivity index (χ0n) is 12.4. The lowest BCUT2D eigenvalue weighted by Gasteiger charge is -2.33. The second-order valence-electron chi connectivity index (χ2n) is 5.46. The standard InChI is InChI=1S/C16H23NO3/c1-4-12(2)19-16(3,17-15(18)13-10-11-13)20-14-8-6-5-7-9-14/h5-9,12-13H,4,10-11H2,1-3H3,(H,17,18). The van der Waals surface area contributed by atoms with Crippen LogP contribution in [-0.4, -0.2) is 17.9 Å². The molecule has 0 spiro atoms. The highest BCUT2D eigenvalue weighted by Crippen LogP contribution is 2.30. The molecule has 1 aliphatic rings. The molecule has 2 atom stereocenters. The monoisotopic (exact) mass is 277 g/mol. The molecule has 4 nitrogen and oxygen atoms in total. The summed E-state index contributed by atoms with van der Waals surface area (Å²) in [6.45, 7) is 5.76. The first-order chi connectivity index (χ1) is 9.52. The maximum atomic E-state index is 12.0. The number of para-hydroxylation sites is 1. The Morgan fingerprint density at radius 3 is 2.60 bits per heavy atom. The van der Waals surface area contributed by atoms with Crippen molar-refractivity contribution in [3.63, 3.8) is 0 Å². The highest BCUT2D eigenvalue weighted by atomic mass is 16.7. The van der Waals surface area contributed by atoms with Crippen LogP contribution >= 0.6 is 0 Å². The van der Waals surface area contributed by atoms with Crippen molar-refractivity contribution in [1.29, 1.82) is 0 Å². The van der Waals surface area contributed by atoms with Gasteiger partial charge in [-0.1, -0.05) is 25.1 Å². The lowest BCUT2D eigenvalue weighted by atomic mass is 10.3. The van der Waals surface area contributed by atoms with E-state index in [0.717, 1.165) is 19.3 Å². The number of hydrogen-bond acceptors (Lipinski definition) is 3. The van der Waals surface area contributed by atoms with E-state index < -0.39 is 5.91 Å². The molecule has 0 bridgehead atoms. The normalized spacial score (nSPS) is 18.9. The Labute approximate surface area is 120 Å². The summed E-state index contributed by atoms with van der Waals surface area (Å²) in [4.78, 5) is 12.0. The Hall–Kier alpha value is -1.55. The third kappa shape index (κ3) is 4.23. The van der Waals surface area contributed by atoms with Gasteiger partial charge in [0.25, 0.3) is 5.91 Å². The lowest BCUT2D eigenvalue weighted by molar-refractivity contribution is -0.216. The average molecular weight is 277 g/mol. The zero-order chi connectivity index (χ0) is 14.6. The van der Waals surface area contributed by atoms with Gasteiger partial charge in [-0.3, -0.25) is 10.1 Å². The summed E-state index contributed by atoms with van der Waals surface area (Å²) in [5.41, 5.74) is 0. The van der Waals surface area contributed by atoms with Gasteiger partial charge in [0, 0.05) is 12.8 Å². The number of ether oxygens (including phenoxy) is 2. The molecule has 0 aliphatic heterocycles. The van der Waals surface area contributed by atoms with E-state index in [1.807, 2.05) is 44.2 Å². The molecule has 2 unspecified atom stereocenters. The van der Waals surface area contributed by atoms with Crippen molar-refractivity contribution in [1.82, 2.24) is 5.32 Å². The summed E-state index contributed by atoms with van der Waals surface area (Å²) < 4.78 is 11.8. The third-order valence-corrected chi connectivity index (χ3v) is 3.36. The van der Waals surface area contributed by atoms with Crippen LogP contribution in [0.1, 0.15) is 40.0 Å². The van der Waals surface area contributed by atoms with Gasteiger partial charge in [-0.15, -0.1) is 0 Å². The molecule has 1 saturated carbocycles. The average Bonchev–Trinajstić information content (AvgIpc) is 3.23. The number of carbonyl (C=O) groups is 1. The van der Waals surface area contributed by atoms with Crippen molar-refractivity contribution in [3.8, 4) is 5.75 Å². The Morgan fingerprint density at radius 2 is 2.05 bits per heavy atom. The van der Waals surface area contributed by atoms with E-state index in [2.05, 4.69) is 5.32 Å². The number of amides is 1. The van der Waals surface area contributed by atoms with Gasteiger partial charge in [-0.05, 0) is 38.3 Å². The molecule has 0 radical (unpaired) electrons. The number of hydrogen-bond donors (Lipinski definition) is 1. The molecule has 1 aliphatic carbocycles. The maximum Gasteiger partial charge on any atom is 0.291 e. The summed E-state index contributed by atoms with van der Waals surface area (Å²) in [6, 6.07) is 9.40. The van der Waals surface area contributed by atoms with Crippen molar-refractivity contribution >= 4 is 5.91 Å². The van der Waals surface area contributed by atoms with Gasteiger partial charge in [-0.25, -0.2) is 0 Å². The Bertz CT molecular complexity index is 444. The smallest absolute Gasteiger partial charge is 0.291 e. The summed E-state index contributed by atoms with van der Waals surface area (Å²) in [7, 11) is 0. The molecule has 1 aromatic carbocycles. The molecule has 0 heterocycles. The van der Waals surface area contributed by atoms with Gasteiger partial charge in [0.1, 0.15) is 5.75 Å². The Balaban J connectivity index is 2.07. The molecular weight excluding hydrogens is 254 g/mol. The number of carbonyl (C=O) groups excluding carboxylic acids is 1. The second kappa shape index (κ2) is 6.27. The number of rotatable bonds is 7. The molecule has 1 fully saturated rings. The van der Waals surface area contributed by atoms with Crippen LogP contribution in [0.3, 0.4) is 0 Å². The molecule has 0 saturated heterocycles. The van der Waals surface area contributed by atoms with E-state index in [1.165, 1.54) is 0 Å². The van der Waals surface area contributed by atoms with E-state index >= 15 is 0 Å². The topological polar surface area (TPSA) is 47.6 Å². The van der Waals surface area contributed by atoms with E-state index in [0.29, 0.717) is 5.75 Å². The predicted octanol–water partition coefficient (Wildman–Crippen LogP) is 3.08.